The number of piperazine rings is 1. The Morgan fingerprint density at radius 1 is 1.20 bits per heavy atom. The molecule has 1 aliphatic rings. The van der Waals surface area contributed by atoms with E-state index in [4.69, 9.17) is 9.47 Å². The number of nitrogens with one attached hydrogen (secondary N) is 1. The number of ether oxygens (including phenoxy) is 2. The Labute approximate surface area is 177 Å². The van der Waals surface area contributed by atoms with E-state index in [0.717, 1.165) is 38.3 Å². The fraction of sp³-hybridized carbons (Fsp3) is 0.375. The fourth-order valence-corrected chi connectivity index (χ4v) is 3.75. The Hall–Kier alpha value is -2.86. The Morgan fingerprint density at radius 2 is 1.97 bits per heavy atom. The zero-order valence-electron chi connectivity index (χ0n) is 17.9. The summed E-state index contributed by atoms with van der Waals surface area (Å²) < 4.78 is 25.7. The van der Waals surface area contributed by atoms with Gasteiger partial charge in [0.25, 0.3) is 0 Å². The Kier molecular flexibility index (Phi) is 7.46. The first-order valence-electron chi connectivity index (χ1n) is 10.5. The summed E-state index contributed by atoms with van der Waals surface area (Å²) in [5.41, 5.74) is 1.62. The van der Waals surface area contributed by atoms with Crippen LogP contribution in [-0.2, 0) is 0 Å². The molecule has 3 rings (SSSR count). The van der Waals surface area contributed by atoms with Crippen LogP contribution in [0, 0.1) is 5.82 Å². The van der Waals surface area contributed by atoms with Crippen molar-refractivity contribution in [3.63, 3.8) is 0 Å². The van der Waals surface area contributed by atoms with E-state index in [0.29, 0.717) is 29.4 Å². The lowest BCUT2D eigenvalue weighted by Crippen LogP contribution is -3.14. The van der Waals surface area contributed by atoms with Gasteiger partial charge in [0.1, 0.15) is 5.82 Å². The zero-order valence-corrected chi connectivity index (χ0v) is 17.9. The Morgan fingerprint density at radius 3 is 2.60 bits per heavy atom. The van der Waals surface area contributed by atoms with Gasteiger partial charge >= 0.3 is 0 Å². The van der Waals surface area contributed by atoms with Crippen molar-refractivity contribution in [1.29, 1.82) is 0 Å². The van der Waals surface area contributed by atoms with Crippen molar-refractivity contribution >= 4 is 17.5 Å². The molecule has 2 aromatic carbocycles. The van der Waals surface area contributed by atoms with Crippen LogP contribution in [0.1, 0.15) is 29.8 Å². The summed E-state index contributed by atoms with van der Waals surface area (Å²) in [7, 11) is 1.56. The average molecular weight is 414 g/mol. The summed E-state index contributed by atoms with van der Waals surface area (Å²) in [4.78, 5) is 16.2. The first-order valence-corrected chi connectivity index (χ1v) is 10.5. The molecule has 160 valence electrons. The monoisotopic (exact) mass is 413 g/mol. The van der Waals surface area contributed by atoms with E-state index in [2.05, 4.69) is 11.8 Å². The molecule has 0 amide bonds. The second-order valence-electron chi connectivity index (χ2n) is 7.27. The van der Waals surface area contributed by atoms with Crippen LogP contribution in [0.15, 0.2) is 42.5 Å². The number of carbonyl (C=O) groups is 1. The molecule has 0 spiro atoms. The number of quaternary nitrogens is 1. The lowest BCUT2D eigenvalue weighted by atomic mass is 10.1. The maximum absolute atomic E-state index is 14.7. The van der Waals surface area contributed by atoms with Gasteiger partial charge in [-0.25, -0.2) is 4.39 Å². The van der Waals surface area contributed by atoms with Crippen molar-refractivity contribution < 1.29 is 23.6 Å². The third-order valence-corrected chi connectivity index (χ3v) is 5.47. The molecule has 1 aliphatic heterocycles. The molecule has 0 unspecified atom stereocenters. The van der Waals surface area contributed by atoms with Gasteiger partial charge in [-0.05, 0) is 50.3 Å². The molecule has 5 nitrogen and oxygen atoms in total. The van der Waals surface area contributed by atoms with E-state index in [-0.39, 0.29) is 11.6 Å². The number of nitrogens with zero attached hydrogens (tertiary/aromatic N) is 1. The Bertz CT molecular complexity index is 905. The van der Waals surface area contributed by atoms with E-state index < -0.39 is 0 Å². The van der Waals surface area contributed by atoms with Crippen LogP contribution in [0.5, 0.6) is 11.5 Å². The second kappa shape index (κ2) is 10.3. The molecular weight excluding hydrogens is 383 g/mol. The van der Waals surface area contributed by atoms with Crippen LogP contribution in [0.3, 0.4) is 0 Å². The zero-order chi connectivity index (χ0) is 21.5. The van der Waals surface area contributed by atoms with Gasteiger partial charge in [0, 0.05) is 11.1 Å². The van der Waals surface area contributed by atoms with E-state index in [1.807, 2.05) is 25.1 Å². The molecule has 1 saturated heterocycles. The number of ketones is 1. The highest BCUT2D eigenvalue weighted by Crippen LogP contribution is 2.32. The summed E-state index contributed by atoms with van der Waals surface area (Å²) in [6, 6.07) is 10.2. The molecule has 0 radical (unpaired) electrons. The lowest BCUT2D eigenvalue weighted by Gasteiger charge is -2.33. The van der Waals surface area contributed by atoms with Gasteiger partial charge in [-0.3, -0.25) is 4.79 Å². The van der Waals surface area contributed by atoms with Gasteiger partial charge in [-0.15, -0.1) is 0 Å². The highest BCUT2D eigenvalue weighted by molar-refractivity contribution is 6.07. The van der Waals surface area contributed by atoms with Crippen LogP contribution >= 0.6 is 0 Å². The van der Waals surface area contributed by atoms with Gasteiger partial charge in [0.2, 0.25) is 0 Å². The topological polar surface area (TPSA) is 43.2 Å². The van der Waals surface area contributed by atoms with Crippen molar-refractivity contribution in [2.45, 2.75) is 13.8 Å². The molecule has 0 aliphatic carbocycles. The second-order valence-corrected chi connectivity index (χ2v) is 7.27. The van der Waals surface area contributed by atoms with Crippen molar-refractivity contribution in [2.24, 2.45) is 0 Å². The standard InChI is InChI=1S/C24H29FN2O3/c1-4-26-13-15-27(16-14-26)21-11-9-19(17-20(21)25)22(28)12-10-18-7-6-8-23(30-5-2)24(18)29-3/h6-12,17H,4-5,13-16H2,1-3H3/p+1/b12-10+. The number of para-hydroxylation sites is 1. The molecule has 30 heavy (non-hydrogen) atoms. The number of anilines is 1. The van der Waals surface area contributed by atoms with Crippen LogP contribution in [0.4, 0.5) is 10.1 Å². The van der Waals surface area contributed by atoms with Gasteiger partial charge in [-0.1, -0.05) is 12.1 Å². The molecule has 0 atom stereocenters. The normalized spacial score (nSPS) is 14.9. The molecule has 1 N–H and O–H groups in total. The molecule has 0 bridgehead atoms. The average Bonchev–Trinajstić information content (AvgIpc) is 2.77. The minimum absolute atomic E-state index is 0.260. The number of carbonyl (C=O) groups excluding carboxylic acids is 1. The predicted molar refractivity (Wildman–Crippen MR) is 117 cm³/mol. The van der Waals surface area contributed by atoms with Crippen LogP contribution in [0.25, 0.3) is 6.08 Å². The van der Waals surface area contributed by atoms with Gasteiger partial charge in [-0.2, -0.15) is 0 Å². The number of rotatable bonds is 8. The molecule has 2 aromatic rings. The first-order chi connectivity index (χ1) is 14.6. The third kappa shape index (κ3) is 5.00. The van der Waals surface area contributed by atoms with E-state index >= 15 is 0 Å². The molecule has 6 heteroatoms. The largest absolute Gasteiger partial charge is 0.492 e. The van der Waals surface area contributed by atoms with E-state index in [9.17, 15) is 9.18 Å². The van der Waals surface area contributed by atoms with Crippen LogP contribution < -0.4 is 19.3 Å². The summed E-state index contributed by atoms with van der Waals surface area (Å²) >= 11 is 0. The summed E-state index contributed by atoms with van der Waals surface area (Å²) in [5, 5.41) is 0. The summed E-state index contributed by atoms with van der Waals surface area (Å²) in [6.07, 6.45) is 3.10. The predicted octanol–water partition coefficient (Wildman–Crippen LogP) is 2.85. The lowest BCUT2D eigenvalue weighted by molar-refractivity contribution is -0.898. The van der Waals surface area contributed by atoms with Gasteiger partial charge in [0.15, 0.2) is 17.3 Å². The maximum Gasteiger partial charge on any atom is 0.185 e. The quantitative estimate of drug-likeness (QED) is 0.534. The molecule has 1 heterocycles. The third-order valence-electron chi connectivity index (χ3n) is 5.47. The minimum Gasteiger partial charge on any atom is -0.492 e. The Balaban J connectivity index is 1.74. The minimum atomic E-state index is -0.356. The first kappa shape index (κ1) is 21.8. The molecular formula is C24H30FN2O3+. The van der Waals surface area contributed by atoms with Crippen molar-refractivity contribution in [3.05, 3.63) is 59.4 Å². The molecule has 0 saturated carbocycles. The molecule has 0 aromatic heterocycles. The van der Waals surface area contributed by atoms with Crippen molar-refractivity contribution in [1.82, 2.24) is 0 Å². The molecule has 1 fully saturated rings. The smallest absolute Gasteiger partial charge is 0.185 e. The number of hydrogen-bond acceptors (Lipinski definition) is 4. The highest BCUT2D eigenvalue weighted by atomic mass is 19.1. The maximum atomic E-state index is 14.7. The number of hydrogen-bond donors (Lipinski definition) is 1. The summed E-state index contributed by atoms with van der Waals surface area (Å²) in [5.74, 6) is 0.572. The van der Waals surface area contributed by atoms with Crippen LogP contribution in [0.2, 0.25) is 0 Å². The summed E-state index contributed by atoms with van der Waals surface area (Å²) in [6.45, 7) is 9.32. The van der Waals surface area contributed by atoms with E-state index in [1.54, 1.807) is 25.3 Å². The fourth-order valence-electron chi connectivity index (χ4n) is 3.75. The van der Waals surface area contributed by atoms with Crippen molar-refractivity contribution in [2.75, 3.05) is 51.3 Å². The number of benzene rings is 2. The number of methoxy groups -OCH3 is 1. The van der Waals surface area contributed by atoms with Gasteiger partial charge < -0.3 is 19.3 Å². The van der Waals surface area contributed by atoms with Crippen molar-refractivity contribution in [3.8, 4) is 11.5 Å². The SMILES string of the molecule is CCOc1cccc(/C=C/C(=O)c2ccc(N3CC[NH+](CC)CC3)c(F)c2)c1OC. The highest BCUT2D eigenvalue weighted by Gasteiger charge is 2.21. The van der Waals surface area contributed by atoms with E-state index in [1.165, 1.54) is 17.0 Å². The number of allylic oxidation sites excluding steroid dienone is 1. The number of halogens is 1. The number of likely N-dealkylation sites (N-methyl/N-ethyl adjacent to an activating group) is 1. The van der Waals surface area contributed by atoms with Gasteiger partial charge in [0.05, 0.1) is 52.1 Å². The van der Waals surface area contributed by atoms with Crippen LogP contribution in [-0.4, -0.2) is 52.2 Å².